The van der Waals surface area contributed by atoms with E-state index < -0.39 is 25.8 Å². The molecule has 0 saturated carbocycles. The Morgan fingerprint density at radius 3 is 2.58 bits per heavy atom. The van der Waals surface area contributed by atoms with Gasteiger partial charge in [-0.25, -0.2) is 4.79 Å². The van der Waals surface area contributed by atoms with Crippen LogP contribution in [-0.4, -0.2) is 41.8 Å². The number of H-pyrrole nitrogens is 1. The summed E-state index contributed by atoms with van der Waals surface area (Å²) in [5.41, 5.74) is -0.510. The molecule has 0 spiro atoms. The molecule has 1 aliphatic heterocycles. The Bertz CT molecular complexity index is 704. The summed E-state index contributed by atoms with van der Waals surface area (Å²) in [4.78, 5) is 26.1. The van der Waals surface area contributed by atoms with Crippen molar-refractivity contribution in [3.63, 3.8) is 0 Å². The summed E-state index contributed by atoms with van der Waals surface area (Å²) in [7, 11) is -2.08. The number of aromatic amines is 1. The molecule has 0 amide bonds. The fourth-order valence-corrected chi connectivity index (χ4v) is 3.84. The third-order valence-electron chi connectivity index (χ3n) is 5.02. The summed E-state index contributed by atoms with van der Waals surface area (Å²) in [6.07, 6.45) is 0.626. The maximum Gasteiger partial charge on any atom is 0.330 e. The minimum absolute atomic E-state index is 0.0146. The zero-order chi connectivity index (χ0) is 18.3. The van der Waals surface area contributed by atoms with Gasteiger partial charge in [-0.15, -0.1) is 0 Å². The molecule has 0 aliphatic carbocycles. The van der Waals surface area contributed by atoms with Crippen molar-refractivity contribution in [1.82, 2.24) is 9.55 Å². The zero-order valence-corrected chi connectivity index (χ0v) is 16.3. The molecule has 1 aliphatic rings. The summed E-state index contributed by atoms with van der Waals surface area (Å²) < 4.78 is 13.6. The van der Waals surface area contributed by atoms with Gasteiger partial charge in [-0.1, -0.05) is 20.8 Å². The molecule has 3 atom stereocenters. The molecule has 0 bridgehead atoms. The monoisotopic (exact) mass is 356 g/mol. The predicted octanol–water partition coefficient (Wildman–Crippen LogP) is 1.52. The molecule has 1 aromatic rings. The number of ether oxygens (including phenoxy) is 1. The van der Waals surface area contributed by atoms with E-state index in [1.807, 2.05) is 0 Å². The number of aromatic nitrogens is 2. The van der Waals surface area contributed by atoms with Crippen molar-refractivity contribution in [3.8, 4) is 0 Å². The number of nitrogens with one attached hydrogen (secondary N) is 1. The Kier molecular flexibility index (Phi) is 5.24. The Labute approximate surface area is 142 Å². The summed E-state index contributed by atoms with van der Waals surface area (Å²) >= 11 is 0. The molecule has 7 nitrogen and oxygen atoms in total. The highest BCUT2D eigenvalue weighted by atomic mass is 28.4. The zero-order valence-electron chi connectivity index (χ0n) is 15.3. The lowest BCUT2D eigenvalue weighted by Crippen LogP contribution is -2.46. The number of aryl methyl sites for hydroxylation is 1. The van der Waals surface area contributed by atoms with Gasteiger partial charge in [0.15, 0.2) is 14.5 Å². The van der Waals surface area contributed by atoms with Gasteiger partial charge >= 0.3 is 5.69 Å². The van der Waals surface area contributed by atoms with Crippen LogP contribution in [0.4, 0.5) is 0 Å². The molecule has 2 heterocycles. The van der Waals surface area contributed by atoms with Crippen LogP contribution < -0.4 is 11.2 Å². The summed E-state index contributed by atoms with van der Waals surface area (Å²) in [5.74, 6) is 0. The topological polar surface area (TPSA) is 93.6 Å². The smallest absolute Gasteiger partial charge is 0.330 e. The third kappa shape index (κ3) is 3.71. The highest BCUT2D eigenvalue weighted by Gasteiger charge is 2.45. The van der Waals surface area contributed by atoms with E-state index in [0.29, 0.717) is 12.0 Å². The second kappa shape index (κ2) is 6.59. The molecule has 1 aromatic heterocycles. The average molecular weight is 356 g/mol. The van der Waals surface area contributed by atoms with E-state index in [9.17, 15) is 14.7 Å². The van der Waals surface area contributed by atoms with Gasteiger partial charge in [-0.05, 0) is 25.1 Å². The van der Waals surface area contributed by atoms with E-state index in [-0.39, 0.29) is 23.9 Å². The van der Waals surface area contributed by atoms with Crippen LogP contribution in [0.25, 0.3) is 0 Å². The fraction of sp³-hybridized carbons (Fsp3) is 0.750. The Hall–Kier alpha value is -1.22. The molecule has 0 radical (unpaired) electrons. The Morgan fingerprint density at radius 2 is 2.04 bits per heavy atom. The summed E-state index contributed by atoms with van der Waals surface area (Å²) in [6.45, 7) is 12.2. The molecular weight excluding hydrogens is 328 g/mol. The molecule has 0 aromatic carbocycles. The first-order valence-electron chi connectivity index (χ1n) is 8.22. The first-order valence-corrected chi connectivity index (χ1v) is 11.1. The van der Waals surface area contributed by atoms with Crippen molar-refractivity contribution in [1.29, 1.82) is 0 Å². The van der Waals surface area contributed by atoms with Crippen LogP contribution in [0, 0.1) is 6.92 Å². The second-order valence-electron chi connectivity index (χ2n) is 7.96. The van der Waals surface area contributed by atoms with Gasteiger partial charge in [-0.2, -0.15) is 0 Å². The van der Waals surface area contributed by atoms with Crippen molar-refractivity contribution < 1.29 is 14.3 Å². The van der Waals surface area contributed by atoms with Crippen molar-refractivity contribution in [2.75, 3.05) is 6.61 Å². The standard InChI is InChI=1S/C16H28N2O5Si/c1-10-8-18(15(21)17-13(10)20)14-12(7-11(9-19)22-14)23-24(5,6)16(2,3)4/h8,11-12,14,19H,7,9H2,1-6H3,(H,17,20,21). The molecular formula is C16H28N2O5Si. The molecule has 3 unspecified atom stereocenters. The first-order chi connectivity index (χ1) is 11.0. The van der Waals surface area contributed by atoms with Crippen molar-refractivity contribution in [3.05, 3.63) is 32.6 Å². The first kappa shape index (κ1) is 19.1. The van der Waals surface area contributed by atoms with E-state index in [1.54, 1.807) is 6.92 Å². The van der Waals surface area contributed by atoms with Crippen LogP contribution in [-0.2, 0) is 9.16 Å². The van der Waals surface area contributed by atoms with Crippen LogP contribution in [0.15, 0.2) is 15.8 Å². The fourth-order valence-electron chi connectivity index (χ4n) is 2.51. The molecule has 136 valence electrons. The molecule has 2 rings (SSSR count). The Morgan fingerprint density at radius 1 is 1.42 bits per heavy atom. The molecule has 24 heavy (non-hydrogen) atoms. The normalized spacial score (nSPS) is 25.2. The van der Waals surface area contributed by atoms with E-state index in [2.05, 4.69) is 38.8 Å². The van der Waals surface area contributed by atoms with Gasteiger partial charge < -0.3 is 14.3 Å². The van der Waals surface area contributed by atoms with Gasteiger partial charge in [0, 0.05) is 18.2 Å². The van der Waals surface area contributed by atoms with Gasteiger partial charge in [0.25, 0.3) is 5.56 Å². The van der Waals surface area contributed by atoms with E-state index in [0.717, 1.165) is 0 Å². The number of hydrogen-bond donors (Lipinski definition) is 2. The minimum Gasteiger partial charge on any atom is -0.409 e. The maximum absolute atomic E-state index is 12.2. The van der Waals surface area contributed by atoms with Gasteiger partial charge in [0.2, 0.25) is 0 Å². The lowest BCUT2D eigenvalue weighted by Gasteiger charge is -2.39. The van der Waals surface area contributed by atoms with Crippen LogP contribution >= 0.6 is 0 Å². The van der Waals surface area contributed by atoms with E-state index >= 15 is 0 Å². The van der Waals surface area contributed by atoms with Gasteiger partial charge in [-0.3, -0.25) is 14.3 Å². The predicted molar refractivity (Wildman–Crippen MR) is 93.7 cm³/mol. The lowest BCUT2D eigenvalue weighted by molar-refractivity contribution is -0.0504. The second-order valence-corrected chi connectivity index (χ2v) is 12.7. The summed E-state index contributed by atoms with van der Waals surface area (Å²) in [6, 6.07) is 0. The quantitative estimate of drug-likeness (QED) is 0.798. The highest BCUT2D eigenvalue weighted by Crippen LogP contribution is 2.41. The van der Waals surface area contributed by atoms with Crippen LogP contribution in [0.1, 0.15) is 39.0 Å². The molecule has 1 saturated heterocycles. The molecule has 2 N–H and O–H groups in total. The van der Waals surface area contributed by atoms with Gasteiger partial charge in [0.1, 0.15) is 0 Å². The van der Waals surface area contributed by atoms with Crippen molar-refractivity contribution in [2.45, 2.75) is 70.7 Å². The summed E-state index contributed by atoms with van der Waals surface area (Å²) in [5, 5.41) is 9.47. The average Bonchev–Trinajstić information content (AvgIpc) is 2.84. The SMILES string of the molecule is Cc1cn(C2OC(CO)CC2O[Si](C)(C)C(C)(C)C)c(=O)[nH]c1=O. The highest BCUT2D eigenvalue weighted by molar-refractivity contribution is 6.74. The number of nitrogens with zero attached hydrogens (tertiary/aromatic N) is 1. The maximum atomic E-state index is 12.2. The Balaban J connectivity index is 2.38. The van der Waals surface area contributed by atoms with Crippen LogP contribution in [0.3, 0.4) is 0 Å². The number of aliphatic hydroxyl groups is 1. The number of rotatable bonds is 4. The number of aliphatic hydroxyl groups excluding tert-OH is 1. The minimum atomic E-state index is -2.08. The van der Waals surface area contributed by atoms with Crippen LogP contribution in [0.2, 0.25) is 18.1 Å². The molecule has 1 fully saturated rings. The van der Waals surface area contributed by atoms with Crippen molar-refractivity contribution in [2.24, 2.45) is 0 Å². The largest absolute Gasteiger partial charge is 0.409 e. The van der Waals surface area contributed by atoms with E-state index in [1.165, 1.54) is 10.8 Å². The number of hydrogen-bond acceptors (Lipinski definition) is 5. The van der Waals surface area contributed by atoms with E-state index in [4.69, 9.17) is 9.16 Å². The van der Waals surface area contributed by atoms with Crippen LogP contribution in [0.5, 0.6) is 0 Å². The van der Waals surface area contributed by atoms with Gasteiger partial charge in [0.05, 0.1) is 18.8 Å². The van der Waals surface area contributed by atoms with Crippen molar-refractivity contribution >= 4 is 8.32 Å². The lowest BCUT2D eigenvalue weighted by atomic mass is 10.2. The molecule has 8 heteroatoms. The third-order valence-corrected chi connectivity index (χ3v) is 9.53.